The van der Waals surface area contributed by atoms with E-state index in [-0.39, 0.29) is 0 Å². The Balaban J connectivity index is 1.62. The lowest BCUT2D eigenvalue weighted by Crippen LogP contribution is -2.42. The topological polar surface area (TPSA) is 52.6 Å². The van der Waals surface area contributed by atoms with Crippen LogP contribution in [0.4, 0.5) is 5.82 Å². The molecule has 0 atom stereocenters. The lowest BCUT2D eigenvalue weighted by atomic mass is 10.1. The van der Waals surface area contributed by atoms with Crippen LogP contribution in [0.15, 0.2) is 35.5 Å². The zero-order chi connectivity index (χ0) is 16.6. The molecule has 3 rings (SSSR count). The molecule has 0 radical (unpaired) electrons. The first-order chi connectivity index (χ1) is 11.8. The Hall–Kier alpha value is -2.04. The highest BCUT2D eigenvalue weighted by Crippen LogP contribution is 2.18. The third-order valence-corrected chi connectivity index (χ3v) is 4.60. The van der Waals surface area contributed by atoms with Gasteiger partial charge in [-0.15, -0.1) is 0 Å². The molecule has 1 saturated heterocycles. The predicted molar refractivity (Wildman–Crippen MR) is 100 cm³/mol. The largest absolute Gasteiger partial charge is 0.357 e. The highest BCUT2D eigenvalue weighted by molar-refractivity contribution is 5.80. The summed E-state index contributed by atoms with van der Waals surface area (Å²) in [5, 5.41) is 6.86. The van der Waals surface area contributed by atoms with Crippen molar-refractivity contribution in [1.82, 2.24) is 15.6 Å². The molecule has 1 fully saturated rings. The van der Waals surface area contributed by atoms with Crippen LogP contribution in [-0.2, 0) is 6.54 Å². The number of guanidine groups is 1. The number of hydrogen-bond acceptors (Lipinski definition) is 3. The van der Waals surface area contributed by atoms with Crippen LogP contribution >= 0.6 is 0 Å². The van der Waals surface area contributed by atoms with Crippen LogP contribution < -0.4 is 15.5 Å². The van der Waals surface area contributed by atoms with Gasteiger partial charge in [0.2, 0.25) is 0 Å². The van der Waals surface area contributed by atoms with E-state index in [0.29, 0.717) is 12.6 Å². The second-order valence-electron chi connectivity index (χ2n) is 6.55. The molecule has 5 heteroatoms. The molecular weight excluding hydrogens is 298 g/mol. The van der Waals surface area contributed by atoms with Gasteiger partial charge in [-0.1, -0.05) is 12.2 Å². The van der Waals surface area contributed by atoms with Crippen LogP contribution in [0.5, 0.6) is 0 Å². The Bertz CT molecular complexity index is 567. The number of pyridine rings is 1. The zero-order valence-corrected chi connectivity index (χ0v) is 14.7. The van der Waals surface area contributed by atoms with Crippen LogP contribution in [0.2, 0.25) is 0 Å². The summed E-state index contributed by atoms with van der Waals surface area (Å²) in [4.78, 5) is 11.7. The van der Waals surface area contributed by atoms with Gasteiger partial charge in [0.05, 0.1) is 6.54 Å². The molecule has 130 valence electrons. The van der Waals surface area contributed by atoms with Crippen molar-refractivity contribution in [1.29, 1.82) is 0 Å². The lowest BCUT2D eigenvalue weighted by molar-refractivity contribution is 0.573. The van der Waals surface area contributed by atoms with Crippen molar-refractivity contribution in [2.24, 2.45) is 4.99 Å². The Morgan fingerprint density at radius 2 is 2.04 bits per heavy atom. The molecule has 0 bridgehead atoms. The maximum atomic E-state index is 4.75. The first kappa shape index (κ1) is 16.8. The van der Waals surface area contributed by atoms with Crippen LogP contribution in [0.1, 0.15) is 44.6 Å². The molecule has 0 saturated carbocycles. The molecule has 0 unspecified atom stereocenters. The van der Waals surface area contributed by atoms with Crippen molar-refractivity contribution >= 4 is 11.8 Å². The number of aromatic nitrogens is 1. The highest BCUT2D eigenvalue weighted by atomic mass is 15.2. The first-order valence-corrected chi connectivity index (χ1v) is 9.25. The Morgan fingerprint density at radius 3 is 2.79 bits per heavy atom. The Labute approximate surface area is 145 Å². The van der Waals surface area contributed by atoms with Gasteiger partial charge in [0.1, 0.15) is 5.82 Å². The van der Waals surface area contributed by atoms with Crippen LogP contribution in [0.25, 0.3) is 0 Å². The number of rotatable bonds is 5. The van der Waals surface area contributed by atoms with Gasteiger partial charge in [0.15, 0.2) is 5.96 Å². The van der Waals surface area contributed by atoms with E-state index in [1.54, 1.807) is 0 Å². The Kier molecular flexibility index (Phi) is 6.10. The van der Waals surface area contributed by atoms with Crippen molar-refractivity contribution in [3.05, 3.63) is 36.0 Å². The second kappa shape index (κ2) is 8.71. The number of nitrogens with zero attached hydrogens (tertiary/aromatic N) is 3. The Morgan fingerprint density at radius 1 is 1.25 bits per heavy atom. The van der Waals surface area contributed by atoms with Crippen molar-refractivity contribution in [3.8, 4) is 0 Å². The fourth-order valence-electron chi connectivity index (χ4n) is 3.27. The van der Waals surface area contributed by atoms with E-state index in [1.807, 2.05) is 6.20 Å². The average Bonchev–Trinajstić information content (AvgIpc) is 3.14. The van der Waals surface area contributed by atoms with Crippen LogP contribution in [-0.4, -0.2) is 36.6 Å². The summed E-state index contributed by atoms with van der Waals surface area (Å²) in [6.07, 6.45) is 12.4. The number of anilines is 1. The molecule has 0 spiro atoms. The lowest BCUT2D eigenvalue weighted by Gasteiger charge is -2.27. The molecule has 2 heterocycles. The number of hydrogen-bond donors (Lipinski definition) is 2. The zero-order valence-electron chi connectivity index (χ0n) is 14.7. The monoisotopic (exact) mass is 327 g/mol. The third kappa shape index (κ3) is 4.73. The molecular formula is C19H29N5. The van der Waals surface area contributed by atoms with Crippen molar-refractivity contribution in [2.75, 3.05) is 24.5 Å². The fraction of sp³-hybridized carbons (Fsp3) is 0.579. The van der Waals surface area contributed by atoms with Gasteiger partial charge in [-0.05, 0) is 56.7 Å². The van der Waals surface area contributed by atoms with Gasteiger partial charge in [0.25, 0.3) is 0 Å². The number of piperidine rings is 1. The average molecular weight is 327 g/mol. The van der Waals surface area contributed by atoms with Crippen molar-refractivity contribution in [2.45, 2.75) is 51.6 Å². The third-order valence-electron chi connectivity index (χ3n) is 4.60. The van der Waals surface area contributed by atoms with E-state index in [4.69, 9.17) is 4.99 Å². The van der Waals surface area contributed by atoms with Crippen molar-refractivity contribution in [3.63, 3.8) is 0 Å². The van der Waals surface area contributed by atoms with E-state index < -0.39 is 0 Å². The molecule has 1 aromatic rings. The summed E-state index contributed by atoms with van der Waals surface area (Å²) < 4.78 is 0. The summed E-state index contributed by atoms with van der Waals surface area (Å²) in [5.74, 6) is 2.00. The minimum Gasteiger partial charge on any atom is -0.357 e. The van der Waals surface area contributed by atoms with Gasteiger partial charge in [-0.3, -0.25) is 0 Å². The molecule has 24 heavy (non-hydrogen) atoms. The smallest absolute Gasteiger partial charge is 0.191 e. The number of aliphatic imine (C=N–C) groups is 1. The molecule has 0 amide bonds. The molecule has 2 N–H and O–H groups in total. The minimum atomic E-state index is 0.476. The summed E-state index contributed by atoms with van der Waals surface area (Å²) >= 11 is 0. The van der Waals surface area contributed by atoms with Gasteiger partial charge in [-0.25, -0.2) is 9.98 Å². The molecule has 5 nitrogen and oxygen atoms in total. The van der Waals surface area contributed by atoms with E-state index >= 15 is 0 Å². The van der Waals surface area contributed by atoms with E-state index in [9.17, 15) is 0 Å². The fourth-order valence-corrected chi connectivity index (χ4v) is 3.27. The summed E-state index contributed by atoms with van der Waals surface area (Å²) in [7, 11) is 0. The standard InChI is InChI=1S/C19H29N5/c1-2-20-19(23-17-8-4-5-9-17)22-15-16-10-11-21-18(14-16)24-12-6-3-7-13-24/h4-5,10-11,14,17H,2-3,6-9,12-13,15H2,1H3,(H2,20,22,23). The maximum Gasteiger partial charge on any atom is 0.191 e. The van der Waals surface area contributed by atoms with E-state index in [1.165, 1.54) is 24.8 Å². The second-order valence-corrected chi connectivity index (χ2v) is 6.55. The summed E-state index contributed by atoms with van der Waals surface area (Å²) in [5.41, 5.74) is 1.22. The van der Waals surface area contributed by atoms with E-state index in [2.05, 4.69) is 51.7 Å². The van der Waals surface area contributed by atoms with Gasteiger partial charge in [0, 0.05) is 31.9 Å². The highest BCUT2D eigenvalue weighted by Gasteiger charge is 2.13. The normalized spacial score (nSPS) is 18.9. The molecule has 1 aliphatic heterocycles. The number of nitrogens with one attached hydrogen (secondary N) is 2. The van der Waals surface area contributed by atoms with Crippen LogP contribution in [0, 0.1) is 0 Å². The summed E-state index contributed by atoms with van der Waals surface area (Å²) in [6, 6.07) is 4.73. The van der Waals surface area contributed by atoms with Gasteiger partial charge in [-0.2, -0.15) is 0 Å². The van der Waals surface area contributed by atoms with Gasteiger partial charge < -0.3 is 15.5 Å². The van der Waals surface area contributed by atoms with Gasteiger partial charge >= 0.3 is 0 Å². The maximum absolute atomic E-state index is 4.75. The van der Waals surface area contributed by atoms with E-state index in [0.717, 1.165) is 44.3 Å². The quantitative estimate of drug-likeness (QED) is 0.496. The molecule has 1 aliphatic carbocycles. The molecule has 0 aromatic carbocycles. The minimum absolute atomic E-state index is 0.476. The first-order valence-electron chi connectivity index (χ1n) is 9.25. The van der Waals surface area contributed by atoms with Crippen molar-refractivity contribution < 1.29 is 0 Å². The SMILES string of the molecule is CCNC(=NCc1ccnc(N2CCCCC2)c1)NC1CC=CC1. The molecule has 2 aliphatic rings. The molecule has 1 aromatic heterocycles. The van der Waals surface area contributed by atoms with Crippen LogP contribution in [0.3, 0.4) is 0 Å². The predicted octanol–water partition coefficient (Wildman–Crippen LogP) is 2.85. The summed E-state index contributed by atoms with van der Waals surface area (Å²) in [6.45, 7) is 5.91.